The summed E-state index contributed by atoms with van der Waals surface area (Å²) in [6.45, 7) is 5.62. The summed E-state index contributed by atoms with van der Waals surface area (Å²) in [7, 11) is 1.76. The molecule has 2 heterocycles. The van der Waals surface area contributed by atoms with Gasteiger partial charge in [-0.3, -0.25) is 9.48 Å². The minimum absolute atomic E-state index is 0.00458. The van der Waals surface area contributed by atoms with Crippen molar-refractivity contribution in [1.82, 2.24) is 14.7 Å². The predicted octanol–water partition coefficient (Wildman–Crippen LogP) is 0.793. The topological polar surface area (TPSA) is 64.2 Å². The van der Waals surface area contributed by atoms with Crippen molar-refractivity contribution in [3.05, 3.63) is 11.4 Å². The Morgan fingerprint density at radius 2 is 2.25 bits per heavy atom. The van der Waals surface area contributed by atoms with Crippen LogP contribution in [0.5, 0.6) is 0 Å². The van der Waals surface area contributed by atoms with Crippen LogP contribution in [0.15, 0.2) is 0 Å². The van der Waals surface area contributed by atoms with Crippen LogP contribution < -0.4 is 5.73 Å². The molecule has 1 aromatic rings. The first-order valence-electron chi connectivity index (χ1n) is 5.59. The number of aryl methyl sites for hydroxylation is 2. The number of aromatic nitrogens is 2. The van der Waals surface area contributed by atoms with Crippen molar-refractivity contribution in [3.8, 4) is 0 Å². The van der Waals surface area contributed by atoms with Crippen LogP contribution in [0.2, 0.25) is 0 Å². The molecule has 0 saturated carbocycles. The number of nitrogen functional groups attached to an aromatic ring is 1. The molecule has 1 amide bonds. The fourth-order valence-corrected chi connectivity index (χ4v) is 2.20. The van der Waals surface area contributed by atoms with Crippen LogP contribution in [0.4, 0.5) is 5.69 Å². The molecule has 1 fully saturated rings. The molecule has 0 spiro atoms. The zero-order valence-electron chi connectivity index (χ0n) is 10.0. The summed E-state index contributed by atoms with van der Waals surface area (Å²) in [5.74, 6) is 0.587. The number of amides is 1. The number of hydrogen-bond donors (Lipinski definition) is 1. The summed E-state index contributed by atoms with van der Waals surface area (Å²) in [6, 6.07) is 0. The number of rotatable bonds is 1. The average molecular weight is 222 g/mol. The molecule has 0 aromatic carbocycles. The molecule has 1 atom stereocenters. The molecule has 0 bridgehead atoms. The van der Waals surface area contributed by atoms with E-state index in [0.29, 0.717) is 17.3 Å². The van der Waals surface area contributed by atoms with E-state index < -0.39 is 0 Å². The molecule has 2 N–H and O–H groups in total. The third-order valence-corrected chi connectivity index (χ3v) is 3.18. The first-order valence-corrected chi connectivity index (χ1v) is 5.59. The molecule has 5 heteroatoms. The van der Waals surface area contributed by atoms with E-state index in [0.717, 1.165) is 25.2 Å². The fraction of sp³-hybridized carbons (Fsp3) is 0.636. The first kappa shape index (κ1) is 11.0. The number of likely N-dealkylation sites (tertiary alicyclic amines) is 1. The van der Waals surface area contributed by atoms with Gasteiger partial charge in [0.25, 0.3) is 5.91 Å². The second-order valence-electron chi connectivity index (χ2n) is 4.62. The maximum atomic E-state index is 12.2. The maximum Gasteiger partial charge on any atom is 0.274 e. The summed E-state index contributed by atoms with van der Waals surface area (Å²) < 4.78 is 1.58. The van der Waals surface area contributed by atoms with E-state index in [-0.39, 0.29) is 5.91 Å². The number of nitrogens with zero attached hydrogens (tertiary/aromatic N) is 3. The van der Waals surface area contributed by atoms with Gasteiger partial charge >= 0.3 is 0 Å². The molecule has 0 radical (unpaired) electrons. The molecular formula is C11H18N4O. The lowest BCUT2D eigenvalue weighted by atomic mass is 10.2. The summed E-state index contributed by atoms with van der Waals surface area (Å²) in [4.78, 5) is 14.1. The first-order chi connectivity index (χ1) is 7.50. The van der Waals surface area contributed by atoms with Crippen LogP contribution in [0.1, 0.15) is 29.5 Å². The number of carbonyl (C=O) groups excluding carboxylic acids is 1. The van der Waals surface area contributed by atoms with Crippen LogP contribution in [-0.4, -0.2) is 33.7 Å². The Kier molecular flexibility index (Phi) is 2.61. The van der Waals surface area contributed by atoms with Gasteiger partial charge in [-0.25, -0.2) is 0 Å². The quantitative estimate of drug-likeness (QED) is 0.764. The Morgan fingerprint density at radius 3 is 2.69 bits per heavy atom. The van der Waals surface area contributed by atoms with Gasteiger partial charge in [-0.2, -0.15) is 5.10 Å². The molecule has 88 valence electrons. The molecule has 1 aromatic heterocycles. The van der Waals surface area contributed by atoms with Gasteiger partial charge in [0, 0.05) is 20.1 Å². The normalized spacial score (nSPS) is 20.4. The van der Waals surface area contributed by atoms with Crippen molar-refractivity contribution in [3.63, 3.8) is 0 Å². The highest BCUT2D eigenvalue weighted by molar-refractivity contribution is 5.98. The Labute approximate surface area is 95.2 Å². The monoisotopic (exact) mass is 222 g/mol. The third kappa shape index (κ3) is 1.66. The molecule has 1 unspecified atom stereocenters. The van der Waals surface area contributed by atoms with Crippen LogP contribution in [0, 0.1) is 12.8 Å². The van der Waals surface area contributed by atoms with Crippen molar-refractivity contribution in [1.29, 1.82) is 0 Å². The van der Waals surface area contributed by atoms with Gasteiger partial charge in [-0.15, -0.1) is 0 Å². The van der Waals surface area contributed by atoms with E-state index >= 15 is 0 Å². The SMILES string of the molecule is Cc1nn(C)c(C(=O)N2CCC(C)C2)c1N. The van der Waals surface area contributed by atoms with Crippen LogP contribution >= 0.6 is 0 Å². The Hall–Kier alpha value is -1.52. The highest BCUT2D eigenvalue weighted by atomic mass is 16.2. The Morgan fingerprint density at radius 1 is 1.56 bits per heavy atom. The molecule has 2 rings (SSSR count). The number of anilines is 1. The Balaban J connectivity index is 2.27. The molecule has 1 saturated heterocycles. The maximum absolute atomic E-state index is 12.2. The predicted molar refractivity (Wildman–Crippen MR) is 62.0 cm³/mol. The highest BCUT2D eigenvalue weighted by Crippen LogP contribution is 2.22. The summed E-state index contributed by atoms with van der Waals surface area (Å²) in [5, 5.41) is 4.17. The van der Waals surface area contributed by atoms with Crippen LogP contribution in [0.3, 0.4) is 0 Å². The van der Waals surface area contributed by atoms with Crippen molar-refractivity contribution in [2.45, 2.75) is 20.3 Å². The van der Waals surface area contributed by atoms with Gasteiger partial charge in [-0.1, -0.05) is 6.92 Å². The number of carbonyl (C=O) groups is 1. The van der Waals surface area contributed by atoms with Gasteiger partial charge in [-0.05, 0) is 19.3 Å². The number of hydrogen-bond acceptors (Lipinski definition) is 3. The fourth-order valence-electron chi connectivity index (χ4n) is 2.20. The van der Waals surface area contributed by atoms with Crippen molar-refractivity contribution in [2.75, 3.05) is 18.8 Å². The lowest BCUT2D eigenvalue weighted by molar-refractivity contribution is 0.0778. The van der Waals surface area contributed by atoms with Crippen LogP contribution in [-0.2, 0) is 7.05 Å². The molecule has 1 aliphatic heterocycles. The number of nitrogens with two attached hydrogens (primary N) is 1. The van der Waals surface area contributed by atoms with Crippen LogP contribution in [0.25, 0.3) is 0 Å². The van der Waals surface area contributed by atoms with Gasteiger partial charge in [0.1, 0.15) is 5.69 Å². The lowest BCUT2D eigenvalue weighted by Crippen LogP contribution is -2.30. The zero-order chi connectivity index (χ0) is 11.9. The molecule has 5 nitrogen and oxygen atoms in total. The Bertz CT molecular complexity index is 424. The molecular weight excluding hydrogens is 204 g/mol. The van der Waals surface area contributed by atoms with Crippen molar-refractivity contribution < 1.29 is 4.79 Å². The van der Waals surface area contributed by atoms with Gasteiger partial charge in [0.05, 0.1) is 11.4 Å². The van der Waals surface area contributed by atoms with Gasteiger partial charge in [0.15, 0.2) is 0 Å². The molecule has 16 heavy (non-hydrogen) atoms. The lowest BCUT2D eigenvalue weighted by Gasteiger charge is -2.16. The third-order valence-electron chi connectivity index (χ3n) is 3.18. The average Bonchev–Trinajstić information content (AvgIpc) is 2.73. The van der Waals surface area contributed by atoms with E-state index in [1.165, 1.54) is 0 Å². The van der Waals surface area contributed by atoms with Gasteiger partial charge in [0.2, 0.25) is 0 Å². The summed E-state index contributed by atoms with van der Waals surface area (Å²) >= 11 is 0. The molecule has 1 aliphatic rings. The molecule has 0 aliphatic carbocycles. The van der Waals surface area contributed by atoms with E-state index in [2.05, 4.69) is 12.0 Å². The smallest absolute Gasteiger partial charge is 0.274 e. The van der Waals surface area contributed by atoms with Crippen molar-refractivity contribution >= 4 is 11.6 Å². The van der Waals surface area contributed by atoms with Gasteiger partial charge < -0.3 is 10.6 Å². The summed E-state index contributed by atoms with van der Waals surface area (Å²) in [6.07, 6.45) is 1.07. The van der Waals surface area contributed by atoms with E-state index in [4.69, 9.17) is 5.73 Å². The summed E-state index contributed by atoms with van der Waals surface area (Å²) in [5.41, 5.74) is 7.62. The van der Waals surface area contributed by atoms with Crippen molar-refractivity contribution in [2.24, 2.45) is 13.0 Å². The van der Waals surface area contributed by atoms with E-state index in [9.17, 15) is 4.79 Å². The largest absolute Gasteiger partial charge is 0.395 e. The zero-order valence-corrected chi connectivity index (χ0v) is 10.0. The van der Waals surface area contributed by atoms with E-state index in [1.807, 2.05) is 11.8 Å². The minimum atomic E-state index is 0.00458. The minimum Gasteiger partial charge on any atom is -0.395 e. The highest BCUT2D eigenvalue weighted by Gasteiger charge is 2.28. The second-order valence-corrected chi connectivity index (χ2v) is 4.62. The second kappa shape index (κ2) is 3.81. The standard InChI is InChI=1S/C11H18N4O/c1-7-4-5-15(6-7)11(16)10-9(12)8(2)13-14(10)3/h7H,4-6,12H2,1-3H3. The van der Waals surface area contributed by atoms with E-state index in [1.54, 1.807) is 11.7 Å².